The van der Waals surface area contributed by atoms with Gasteiger partial charge in [-0.25, -0.2) is 0 Å². The van der Waals surface area contributed by atoms with E-state index in [1.165, 1.54) is 41.2 Å². The zero-order chi connectivity index (χ0) is 12.1. The normalized spacial score (nSPS) is 18.5. The van der Waals surface area contributed by atoms with Gasteiger partial charge in [0, 0.05) is 9.61 Å². The van der Waals surface area contributed by atoms with E-state index in [0.29, 0.717) is 6.04 Å². The zero-order valence-corrected chi connectivity index (χ0v) is 12.7. The summed E-state index contributed by atoms with van der Waals surface area (Å²) in [6, 6.07) is 9.34. The van der Waals surface area contributed by atoms with Crippen LogP contribution in [0.4, 0.5) is 0 Å². The topological polar surface area (TPSA) is 12.0 Å². The van der Waals surface area contributed by atoms with Gasteiger partial charge >= 0.3 is 0 Å². The average Bonchev–Trinajstić information content (AvgIpc) is 2.82. The minimum absolute atomic E-state index is 0.552. The van der Waals surface area contributed by atoms with E-state index in [1.807, 2.05) is 0 Å². The molecule has 17 heavy (non-hydrogen) atoms. The number of hydrogen-bond donors (Lipinski definition) is 1. The van der Waals surface area contributed by atoms with Gasteiger partial charge in [-0.1, -0.05) is 50.8 Å². The lowest BCUT2D eigenvalue weighted by atomic mass is 9.93. The van der Waals surface area contributed by atoms with Crippen molar-refractivity contribution in [3.63, 3.8) is 0 Å². The quantitative estimate of drug-likeness (QED) is 0.775. The van der Waals surface area contributed by atoms with Gasteiger partial charge in [-0.3, -0.25) is 0 Å². The van der Waals surface area contributed by atoms with Crippen molar-refractivity contribution >= 4 is 22.6 Å². The van der Waals surface area contributed by atoms with Crippen molar-refractivity contribution in [1.82, 2.24) is 5.32 Å². The van der Waals surface area contributed by atoms with Gasteiger partial charge in [0.2, 0.25) is 0 Å². The van der Waals surface area contributed by atoms with Crippen LogP contribution < -0.4 is 5.32 Å². The zero-order valence-electron chi connectivity index (χ0n) is 10.6. The van der Waals surface area contributed by atoms with E-state index in [2.05, 4.69) is 59.1 Å². The summed E-state index contributed by atoms with van der Waals surface area (Å²) in [5.74, 6) is 0.940. The van der Waals surface area contributed by atoms with E-state index in [-0.39, 0.29) is 0 Å². The van der Waals surface area contributed by atoms with Gasteiger partial charge in [0.1, 0.15) is 0 Å². The summed E-state index contributed by atoms with van der Waals surface area (Å²) >= 11 is 2.46. The molecule has 0 saturated heterocycles. The molecule has 1 fully saturated rings. The number of halogens is 1. The van der Waals surface area contributed by atoms with Crippen molar-refractivity contribution in [2.75, 3.05) is 6.54 Å². The van der Waals surface area contributed by atoms with Gasteiger partial charge in [0.05, 0.1) is 0 Å². The van der Waals surface area contributed by atoms with Crippen molar-refractivity contribution < 1.29 is 0 Å². The number of benzene rings is 1. The Morgan fingerprint density at radius 3 is 2.65 bits per heavy atom. The van der Waals surface area contributed by atoms with Crippen LogP contribution in [-0.2, 0) is 0 Å². The second kappa shape index (κ2) is 6.74. The molecular formula is C15H22IN. The van der Waals surface area contributed by atoms with Gasteiger partial charge < -0.3 is 5.32 Å². The van der Waals surface area contributed by atoms with Crippen LogP contribution in [0.25, 0.3) is 0 Å². The van der Waals surface area contributed by atoms with Crippen LogP contribution in [0.2, 0.25) is 0 Å². The molecule has 1 saturated carbocycles. The first-order valence-corrected chi connectivity index (χ1v) is 7.87. The van der Waals surface area contributed by atoms with Crippen LogP contribution in [0.5, 0.6) is 0 Å². The second-order valence-corrected chi connectivity index (χ2v) is 6.18. The molecule has 0 heterocycles. The summed E-state index contributed by atoms with van der Waals surface area (Å²) in [6.07, 6.45) is 7.06. The molecule has 2 heteroatoms. The molecule has 1 aromatic carbocycles. The molecule has 0 bridgehead atoms. The molecular weight excluding hydrogens is 321 g/mol. The SMILES string of the molecule is CCNC(CC1CCCC1)c1ccccc1I. The van der Waals surface area contributed by atoms with Crippen LogP contribution in [0, 0.1) is 9.49 Å². The summed E-state index contributed by atoms with van der Waals surface area (Å²) in [6.45, 7) is 3.26. The summed E-state index contributed by atoms with van der Waals surface area (Å²) in [4.78, 5) is 0. The Morgan fingerprint density at radius 1 is 1.29 bits per heavy atom. The first kappa shape index (κ1) is 13.3. The van der Waals surface area contributed by atoms with Crippen LogP contribution in [-0.4, -0.2) is 6.54 Å². The highest BCUT2D eigenvalue weighted by Crippen LogP contribution is 2.34. The Labute approximate surface area is 119 Å². The van der Waals surface area contributed by atoms with E-state index in [1.54, 1.807) is 0 Å². The minimum Gasteiger partial charge on any atom is -0.310 e. The van der Waals surface area contributed by atoms with E-state index in [0.717, 1.165) is 12.5 Å². The third-order valence-electron chi connectivity index (χ3n) is 3.77. The lowest BCUT2D eigenvalue weighted by molar-refractivity contribution is 0.400. The third kappa shape index (κ3) is 3.68. The Hall–Kier alpha value is -0.0900. The van der Waals surface area contributed by atoms with Crippen LogP contribution >= 0.6 is 22.6 Å². The van der Waals surface area contributed by atoms with E-state index < -0.39 is 0 Å². The Balaban J connectivity index is 2.08. The monoisotopic (exact) mass is 343 g/mol. The maximum Gasteiger partial charge on any atom is 0.0333 e. The van der Waals surface area contributed by atoms with Crippen LogP contribution in [0.15, 0.2) is 24.3 Å². The molecule has 2 rings (SSSR count). The van der Waals surface area contributed by atoms with Gasteiger partial charge in [-0.2, -0.15) is 0 Å². The number of nitrogens with one attached hydrogen (secondary N) is 1. The van der Waals surface area contributed by atoms with Gasteiger partial charge in [0.15, 0.2) is 0 Å². The van der Waals surface area contributed by atoms with Gasteiger partial charge in [-0.15, -0.1) is 0 Å². The van der Waals surface area contributed by atoms with Gasteiger partial charge in [-0.05, 0) is 53.1 Å². The first-order chi connectivity index (χ1) is 8.31. The fraction of sp³-hybridized carbons (Fsp3) is 0.600. The predicted octanol–water partition coefficient (Wildman–Crippen LogP) is 4.52. The van der Waals surface area contributed by atoms with Gasteiger partial charge in [0.25, 0.3) is 0 Å². The molecule has 1 aliphatic carbocycles. The number of rotatable bonds is 5. The summed E-state index contributed by atoms with van der Waals surface area (Å²) < 4.78 is 1.40. The minimum atomic E-state index is 0.552. The van der Waals surface area contributed by atoms with Crippen LogP contribution in [0.3, 0.4) is 0 Å². The molecule has 1 aliphatic rings. The smallest absolute Gasteiger partial charge is 0.0333 e. The van der Waals surface area contributed by atoms with Crippen LogP contribution in [0.1, 0.15) is 50.6 Å². The molecule has 1 aromatic rings. The molecule has 94 valence electrons. The summed E-state index contributed by atoms with van der Waals surface area (Å²) in [5.41, 5.74) is 1.49. The van der Waals surface area contributed by atoms with Crippen molar-refractivity contribution in [2.45, 2.75) is 45.1 Å². The first-order valence-electron chi connectivity index (χ1n) is 6.79. The largest absolute Gasteiger partial charge is 0.310 e. The van der Waals surface area contributed by atoms with Crippen molar-refractivity contribution in [1.29, 1.82) is 0 Å². The molecule has 0 aromatic heterocycles. The summed E-state index contributed by atoms with van der Waals surface area (Å²) in [7, 11) is 0. The second-order valence-electron chi connectivity index (χ2n) is 5.02. The van der Waals surface area contributed by atoms with Crippen molar-refractivity contribution in [3.8, 4) is 0 Å². The molecule has 0 amide bonds. The molecule has 0 radical (unpaired) electrons. The molecule has 0 spiro atoms. The third-order valence-corrected chi connectivity index (χ3v) is 4.76. The lowest BCUT2D eigenvalue weighted by Crippen LogP contribution is -2.23. The molecule has 0 aliphatic heterocycles. The highest BCUT2D eigenvalue weighted by molar-refractivity contribution is 14.1. The van der Waals surface area contributed by atoms with E-state index in [9.17, 15) is 0 Å². The fourth-order valence-corrected chi connectivity index (χ4v) is 3.67. The maximum absolute atomic E-state index is 3.66. The molecule has 1 unspecified atom stereocenters. The van der Waals surface area contributed by atoms with Crippen molar-refractivity contribution in [3.05, 3.63) is 33.4 Å². The Kier molecular flexibility index (Phi) is 5.29. The predicted molar refractivity (Wildman–Crippen MR) is 82.2 cm³/mol. The molecule has 1 N–H and O–H groups in total. The summed E-state index contributed by atoms with van der Waals surface area (Å²) in [5, 5.41) is 3.66. The van der Waals surface area contributed by atoms with E-state index in [4.69, 9.17) is 0 Å². The average molecular weight is 343 g/mol. The maximum atomic E-state index is 3.66. The Bertz CT molecular complexity index is 345. The lowest BCUT2D eigenvalue weighted by Gasteiger charge is -2.23. The fourth-order valence-electron chi connectivity index (χ4n) is 2.90. The molecule has 1 atom stereocenters. The molecule has 1 nitrogen and oxygen atoms in total. The standard InChI is InChI=1S/C15H22IN/c1-2-17-15(11-12-7-3-4-8-12)13-9-5-6-10-14(13)16/h5-6,9-10,12,15,17H,2-4,7-8,11H2,1H3. The highest BCUT2D eigenvalue weighted by Gasteiger charge is 2.21. The number of hydrogen-bond acceptors (Lipinski definition) is 1. The van der Waals surface area contributed by atoms with E-state index >= 15 is 0 Å². The Morgan fingerprint density at radius 2 is 2.00 bits per heavy atom. The highest BCUT2D eigenvalue weighted by atomic mass is 127. The van der Waals surface area contributed by atoms with Crippen molar-refractivity contribution in [2.24, 2.45) is 5.92 Å².